The molecule has 2 aromatic carbocycles. The summed E-state index contributed by atoms with van der Waals surface area (Å²) < 4.78 is 0. The molecule has 3 aromatic rings. The van der Waals surface area contributed by atoms with Crippen molar-refractivity contribution in [3.05, 3.63) is 78.1 Å². The van der Waals surface area contributed by atoms with Crippen LogP contribution in [0.5, 0.6) is 0 Å². The molecule has 1 nitrogen and oxygen atoms in total. The van der Waals surface area contributed by atoms with Gasteiger partial charge in [-0.1, -0.05) is 60.7 Å². The normalized spacial score (nSPS) is 11.1. The lowest BCUT2D eigenvalue weighted by Gasteiger charge is -1.98. The number of benzene rings is 2. The summed E-state index contributed by atoms with van der Waals surface area (Å²) in [5.41, 5.74) is 2.17. The van der Waals surface area contributed by atoms with Gasteiger partial charge in [-0.25, -0.2) is 0 Å². The molecule has 18 heavy (non-hydrogen) atoms. The first-order valence-electron chi connectivity index (χ1n) is 6.00. The highest BCUT2D eigenvalue weighted by Crippen LogP contribution is 2.15. The minimum absolute atomic E-state index is 0.984. The first-order valence-corrected chi connectivity index (χ1v) is 6.00. The molecule has 0 radical (unpaired) electrons. The van der Waals surface area contributed by atoms with Gasteiger partial charge < -0.3 is 0 Å². The highest BCUT2D eigenvalue weighted by atomic mass is 14.7. The van der Waals surface area contributed by atoms with Crippen molar-refractivity contribution in [2.45, 2.75) is 0 Å². The molecule has 86 valence electrons. The van der Waals surface area contributed by atoms with Gasteiger partial charge >= 0.3 is 0 Å². The Hall–Kier alpha value is -2.41. The quantitative estimate of drug-likeness (QED) is 0.636. The third-order valence-corrected chi connectivity index (χ3v) is 2.90. The largest absolute Gasteiger partial charge is 0.256 e. The van der Waals surface area contributed by atoms with Crippen molar-refractivity contribution in [2.75, 3.05) is 0 Å². The lowest BCUT2D eigenvalue weighted by Crippen LogP contribution is -1.81. The van der Waals surface area contributed by atoms with Crippen molar-refractivity contribution < 1.29 is 0 Å². The molecule has 0 fully saturated rings. The van der Waals surface area contributed by atoms with Crippen molar-refractivity contribution in [3.63, 3.8) is 0 Å². The predicted molar refractivity (Wildman–Crippen MR) is 77.1 cm³/mol. The Morgan fingerprint density at radius 2 is 1.44 bits per heavy atom. The first kappa shape index (κ1) is 10.7. The summed E-state index contributed by atoms with van der Waals surface area (Å²) >= 11 is 0. The van der Waals surface area contributed by atoms with Gasteiger partial charge in [-0.3, -0.25) is 4.98 Å². The lowest BCUT2D eigenvalue weighted by atomic mass is 10.1. The highest BCUT2D eigenvalue weighted by Gasteiger charge is 1.94. The maximum Gasteiger partial charge on any atom is 0.0636 e. The van der Waals surface area contributed by atoms with Crippen LogP contribution >= 0.6 is 0 Å². The predicted octanol–water partition coefficient (Wildman–Crippen LogP) is 4.41. The van der Waals surface area contributed by atoms with Crippen molar-refractivity contribution >= 4 is 22.9 Å². The van der Waals surface area contributed by atoms with Gasteiger partial charge in [0.15, 0.2) is 0 Å². The summed E-state index contributed by atoms with van der Waals surface area (Å²) in [4.78, 5) is 4.44. The van der Waals surface area contributed by atoms with Crippen LogP contribution < -0.4 is 0 Å². The van der Waals surface area contributed by atoms with Crippen molar-refractivity contribution in [2.24, 2.45) is 0 Å². The minimum atomic E-state index is 0.984. The van der Waals surface area contributed by atoms with E-state index in [1.54, 1.807) is 0 Å². The maximum atomic E-state index is 4.44. The first-order chi connectivity index (χ1) is 8.92. The van der Waals surface area contributed by atoms with Crippen molar-refractivity contribution in [1.29, 1.82) is 0 Å². The number of nitrogens with zero attached hydrogens (tertiary/aromatic N) is 1. The smallest absolute Gasteiger partial charge is 0.0636 e. The van der Waals surface area contributed by atoms with Crippen LogP contribution in [0.4, 0.5) is 0 Å². The summed E-state index contributed by atoms with van der Waals surface area (Å²) in [7, 11) is 0. The number of aromatic nitrogens is 1. The van der Waals surface area contributed by atoms with Crippen LogP contribution in [0.3, 0.4) is 0 Å². The van der Waals surface area contributed by atoms with E-state index in [2.05, 4.69) is 41.4 Å². The Bertz CT molecular complexity index is 684. The summed E-state index contributed by atoms with van der Waals surface area (Å²) in [6.07, 6.45) is 6.04. The molecule has 1 aromatic heterocycles. The average Bonchev–Trinajstić information content (AvgIpc) is 2.46. The lowest BCUT2D eigenvalue weighted by molar-refractivity contribution is 1.33. The topological polar surface area (TPSA) is 12.9 Å². The zero-order valence-electron chi connectivity index (χ0n) is 9.95. The SMILES string of the molecule is C(=Cc1cc2ccccc2cn1)c1ccccc1. The summed E-state index contributed by atoms with van der Waals surface area (Å²) in [6.45, 7) is 0. The maximum absolute atomic E-state index is 4.44. The van der Waals surface area contributed by atoms with Gasteiger partial charge in [0.1, 0.15) is 0 Å². The molecule has 1 heteroatoms. The Balaban J connectivity index is 1.93. The summed E-state index contributed by atoms with van der Waals surface area (Å²) in [6, 6.07) is 20.6. The van der Waals surface area contributed by atoms with Gasteiger partial charge in [0.2, 0.25) is 0 Å². The molecule has 0 aliphatic carbocycles. The molecule has 0 saturated heterocycles. The Kier molecular flexibility index (Phi) is 2.89. The van der Waals surface area contributed by atoms with E-state index >= 15 is 0 Å². The van der Waals surface area contributed by atoms with E-state index in [9.17, 15) is 0 Å². The zero-order valence-corrected chi connectivity index (χ0v) is 9.95. The second-order valence-electron chi connectivity index (χ2n) is 4.20. The third kappa shape index (κ3) is 2.30. The standard InChI is InChI=1S/C17H13N/c1-2-6-14(7-3-1)10-11-17-12-15-8-4-5-9-16(15)13-18-17/h1-13H. The molecule has 0 bridgehead atoms. The van der Waals surface area contributed by atoms with Gasteiger partial charge in [-0.15, -0.1) is 0 Å². The molecule has 0 atom stereocenters. The van der Waals surface area contributed by atoms with Crippen LogP contribution in [0.15, 0.2) is 66.9 Å². The molecular weight excluding hydrogens is 218 g/mol. The molecular formula is C17H13N. The number of fused-ring (bicyclic) bond motifs is 1. The fraction of sp³-hybridized carbons (Fsp3) is 0. The molecule has 0 amide bonds. The zero-order chi connectivity index (χ0) is 12.2. The van der Waals surface area contributed by atoms with E-state index in [-0.39, 0.29) is 0 Å². The second kappa shape index (κ2) is 4.84. The number of rotatable bonds is 2. The van der Waals surface area contributed by atoms with Gasteiger partial charge in [-0.05, 0) is 23.1 Å². The van der Waals surface area contributed by atoms with E-state index in [0.717, 1.165) is 5.69 Å². The van der Waals surface area contributed by atoms with Crippen LogP contribution in [0.25, 0.3) is 22.9 Å². The van der Waals surface area contributed by atoms with Gasteiger partial charge in [0, 0.05) is 11.6 Å². The van der Waals surface area contributed by atoms with E-state index in [1.165, 1.54) is 16.3 Å². The van der Waals surface area contributed by atoms with Crippen LogP contribution in [0.1, 0.15) is 11.3 Å². The summed E-state index contributed by atoms with van der Waals surface area (Å²) in [5.74, 6) is 0. The minimum Gasteiger partial charge on any atom is -0.256 e. The molecule has 3 rings (SSSR count). The fourth-order valence-electron chi connectivity index (χ4n) is 1.94. The van der Waals surface area contributed by atoms with E-state index in [4.69, 9.17) is 0 Å². The second-order valence-corrected chi connectivity index (χ2v) is 4.20. The van der Waals surface area contributed by atoms with E-state index < -0.39 is 0 Å². The molecule has 0 aliphatic rings. The monoisotopic (exact) mass is 231 g/mol. The van der Waals surface area contributed by atoms with E-state index in [1.807, 2.05) is 42.6 Å². The molecule has 0 unspecified atom stereocenters. The van der Waals surface area contributed by atoms with Crippen LogP contribution in [0.2, 0.25) is 0 Å². The van der Waals surface area contributed by atoms with Gasteiger partial charge in [0.25, 0.3) is 0 Å². The van der Waals surface area contributed by atoms with Crippen molar-refractivity contribution in [3.8, 4) is 0 Å². The molecule has 0 N–H and O–H groups in total. The van der Waals surface area contributed by atoms with Crippen molar-refractivity contribution in [1.82, 2.24) is 4.98 Å². The number of pyridine rings is 1. The average molecular weight is 231 g/mol. The Labute approximate surface area is 106 Å². The highest BCUT2D eigenvalue weighted by molar-refractivity contribution is 5.84. The number of hydrogen-bond donors (Lipinski definition) is 0. The Morgan fingerprint density at radius 3 is 2.28 bits per heavy atom. The Morgan fingerprint density at radius 1 is 0.722 bits per heavy atom. The molecule has 1 heterocycles. The molecule has 0 aliphatic heterocycles. The van der Waals surface area contributed by atoms with Gasteiger partial charge in [-0.2, -0.15) is 0 Å². The molecule has 0 saturated carbocycles. The van der Waals surface area contributed by atoms with Crippen LogP contribution in [0, 0.1) is 0 Å². The van der Waals surface area contributed by atoms with Crippen LogP contribution in [-0.4, -0.2) is 4.98 Å². The third-order valence-electron chi connectivity index (χ3n) is 2.90. The van der Waals surface area contributed by atoms with Gasteiger partial charge in [0.05, 0.1) is 5.69 Å². The summed E-state index contributed by atoms with van der Waals surface area (Å²) in [5, 5.41) is 2.40. The fourth-order valence-corrected chi connectivity index (χ4v) is 1.94. The van der Waals surface area contributed by atoms with E-state index in [0.29, 0.717) is 0 Å². The number of hydrogen-bond acceptors (Lipinski definition) is 1. The molecule has 0 spiro atoms. The van der Waals surface area contributed by atoms with Crippen LogP contribution in [-0.2, 0) is 0 Å².